The molecule has 4 rings (SSSR count). The van der Waals surface area contributed by atoms with Gasteiger partial charge >= 0.3 is 0 Å². The number of anilines is 1. The monoisotopic (exact) mass is 371 g/mol. The van der Waals surface area contributed by atoms with E-state index in [1.54, 1.807) is 10.4 Å². The van der Waals surface area contributed by atoms with Gasteiger partial charge in [0.25, 0.3) is 0 Å². The van der Waals surface area contributed by atoms with Crippen LogP contribution in [0.2, 0.25) is 0 Å². The van der Waals surface area contributed by atoms with Crippen LogP contribution in [0.1, 0.15) is 17.2 Å². The van der Waals surface area contributed by atoms with Gasteiger partial charge in [-0.1, -0.05) is 36.4 Å². The van der Waals surface area contributed by atoms with Gasteiger partial charge in [0.1, 0.15) is 0 Å². The summed E-state index contributed by atoms with van der Waals surface area (Å²) in [6.45, 7) is 2.90. The zero-order chi connectivity index (χ0) is 18.3. The SMILES string of the molecule is CN1CCN(S(=O)(=O)c2ccc3c(c2)N(C)CC3)C(c2ccccc2)C1. The molecule has 0 N–H and O–H groups in total. The number of fused-ring (bicyclic) bond motifs is 1. The highest BCUT2D eigenvalue weighted by atomic mass is 32.2. The van der Waals surface area contributed by atoms with Crippen molar-refractivity contribution in [3.8, 4) is 0 Å². The average Bonchev–Trinajstić information content (AvgIpc) is 3.03. The Morgan fingerprint density at radius 2 is 1.73 bits per heavy atom. The maximum absolute atomic E-state index is 13.5. The van der Waals surface area contributed by atoms with Crippen molar-refractivity contribution in [1.82, 2.24) is 9.21 Å². The van der Waals surface area contributed by atoms with E-state index in [4.69, 9.17) is 0 Å². The molecule has 6 heteroatoms. The van der Waals surface area contributed by atoms with Gasteiger partial charge in [0.15, 0.2) is 0 Å². The fourth-order valence-electron chi connectivity index (χ4n) is 3.95. The molecule has 0 aromatic heterocycles. The van der Waals surface area contributed by atoms with Crippen LogP contribution in [0.5, 0.6) is 0 Å². The summed E-state index contributed by atoms with van der Waals surface area (Å²) in [4.78, 5) is 4.73. The molecule has 5 nitrogen and oxygen atoms in total. The molecule has 0 saturated carbocycles. The van der Waals surface area contributed by atoms with Crippen molar-refractivity contribution >= 4 is 15.7 Å². The number of hydrogen-bond donors (Lipinski definition) is 0. The molecule has 2 aliphatic rings. The maximum atomic E-state index is 13.5. The van der Waals surface area contributed by atoms with Crippen molar-refractivity contribution in [3.05, 3.63) is 59.7 Å². The lowest BCUT2D eigenvalue weighted by molar-refractivity contribution is 0.160. The molecule has 2 heterocycles. The summed E-state index contributed by atoms with van der Waals surface area (Å²) in [5.41, 5.74) is 3.31. The van der Waals surface area contributed by atoms with E-state index in [1.165, 1.54) is 5.56 Å². The summed E-state index contributed by atoms with van der Waals surface area (Å²) < 4.78 is 28.6. The van der Waals surface area contributed by atoms with Gasteiger partial charge in [-0.05, 0) is 36.7 Å². The lowest BCUT2D eigenvalue weighted by atomic mass is 10.1. The zero-order valence-electron chi connectivity index (χ0n) is 15.3. The predicted octanol–water partition coefficient (Wildman–Crippen LogP) is 2.36. The third-order valence-corrected chi connectivity index (χ3v) is 7.41. The number of sulfonamides is 1. The molecule has 138 valence electrons. The number of nitrogens with zero attached hydrogens (tertiary/aromatic N) is 3. The second kappa shape index (κ2) is 6.68. The fourth-order valence-corrected chi connectivity index (χ4v) is 5.57. The predicted molar refractivity (Wildman–Crippen MR) is 104 cm³/mol. The Hall–Kier alpha value is -1.89. The van der Waals surface area contributed by atoms with Crippen LogP contribution in [0.25, 0.3) is 0 Å². The Labute approximate surface area is 155 Å². The zero-order valence-corrected chi connectivity index (χ0v) is 16.1. The van der Waals surface area contributed by atoms with Gasteiger partial charge in [0.05, 0.1) is 10.9 Å². The molecule has 2 aliphatic heterocycles. The number of piperazine rings is 1. The minimum absolute atomic E-state index is 0.161. The Kier molecular flexibility index (Phi) is 4.50. The van der Waals surface area contributed by atoms with Crippen LogP contribution in [0.15, 0.2) is 53.4 Å². The van der Waals surface area contributed by atoms with Gasteiger partial charge in [-0.2, -0.15) is 4.31 Å². The van der Waals surface area contributed by atoms with Gasteiger partial charge < -0.3 is 9.80 Å². The molecular formula is C20H25N3O2S. The van der Waals surface area contributed by atoms with E-state index in [-0.39, 0.29) is 6.04 Å². The standard InChI is InChI=1S/C20H25N3O2S/c1-21-12-13-23(20(15-21)16-6-4-3-5-7-16)26(24,25)18-9-8-17-10-11-22(2)19(17)14-18/h3-9,14,20H,10-13,15H2,1-2H3. The third kappa shape index (κ3) is 3.02. The summed E-state index contributed by atoms with van der Waals surface area (Å²) in [6, 6.07) is 15.4. The van der Waals surface area contributed by atoms with E-state index in [1.807, 2.05) is 56.6 Å². The largest absolute Gasteiger partial charge is 0.374 e. The Morgan fingerprint density at radius 3 is 2.50 bits per heavy atom. The van der Waals surface area contributed by atoms with Crippen LogP contribution in [0.3, 0.4) is 0 Å². The van der Waals surface area contributed by atoms with Crippen molar-refractivity contribution in [2.75, 3.05) is 45.2 Å². The molecule has 0 bridgehead atoms. The summed E-state index contributed by atoms with van der Waals surface area (Å²) in [7, 11) is 0.517. The molecule has 26 heavy (non-hydrogen) atoms. The molecule has 1 atom stereocenters. The highest BCUT2D eigenvalue weighted by molar-refractivity contribution is 7.89. The molecule has 1 saturated heterocycles. The van der Waals surface area contributed by atoms with Crippen LogP contribution < -0.4 is 4.90 Å². The van der Waals surface area contributed by atoms with Crippen LogP contribution in [-0.2, 0) is 16.4 Å². The normalized spacial score (nSPS) is 21.8. The second-order valence-electron chi connectivity index (χ2n) is 7.27. The quantitative estimate of drug-likeness (QED) is 0.831. The number of hydrogen-bond acceptors (Lipinski definition) is 4. The molecule has 0 amide bonds. The summed E-state index contributed by atoms with van der Waals surface area (Å²) in [5.74, 6) is 0. The van der Waals surface area contributed by atoms with E-state index >= 15 is 0 Å². The smallest absolute Gasteiger partial charge is 0.243 e. The van der Waals surface area contributed by atoms with Gasteiger partial charge in [-0.25, -0.2) is 8.42 Å². The first-order valence-corrected chi connectivity index (χ1v) is 10.5. The lowest BCUT2D eigenvalue weighted by Crippen LogP contribution is -2.49. The second-order valence-corrected chi connectivity index (χ2v) is 9.16. The average molecular weight is 372 g/mol. The van der Waals surface area contributed by atoms with Crippen LogP contribution in [-0.4, -0.2) is 57.9 Å². The summed E-state index contributed by atoms with van der Waals surface area (Å²) >= 11 is 0. The van der Waals surface area contributed by atoms with Crippen molar-refractivity contribution in [1.29, 1.82) is 0 Å². The first kappa shape index (κ1) is 17.5. The number of rotatable bonds is 3. The van der Waals surface area contributed by atoms with Crippen molar-refractivity contribution < 1.29 is 8.42 Å². The molecular weight excluding hydrogens is 346 g/mol. The van der Waals surface area contributed by atoms with E-state index in [0.717, 1.165) is 30.8 Å². The van der Waals surface area contributed by atoms with Crippen molar-refractivity contribution in [3.63, 3.8) is 0 Å². The van der Waals surface area contributed by atoms with E-state index in [2.05, 4.69) is 9.80 Å². The molecule has 0 spiro atoms. The van der Waals surface area contributed by atoms with Gasteiger partial charge in [-0.3, -0.25) is 0 Å². The summed E-state index contributed by atoms with van der Waals surface area (Å²) in [6.07, 6.45) is 0.979. The van der Waals surface area contributed by atoms with Gasteiger partial charge in [0, 0.05) is 38.9 Å². The molecule has 1 unspecified atom stereocenters. The summed E-state index contributed by atoms with van der Waals surface area (Å²) in [5, 5.41) is 0. The van der Waals surface area contributed by atoms with Crippen LogP contribution >= 0.6 is 0 Å². The number of likely N-dealkylation sites (N-methyl/N-ethyl adjacent to an activating group) is 2. The molecule has 1 fully saturated rings. The Bertz CT molecular complexity index is 899. The van der Waals surface area contributed by atoms with Crippen molar-refractivity contribution in [2.45, 2.75) is 17.4 Å². The maximum Gasteiger partial charge on any atom is 0.243 e. The van der Waals surface area contributed by atoms with Gasteiger partial charge in [-0.15, -0.1) is 0 Å². The van der Waals surface area contributed by atoms with E-state index in [9.17, 15) is 8.42 Å². The van der Waals surface area contributed by atoms with E-state index in [0.29, 0.717) is 18.0 Å². The van der Waals surface area contributed by atoms with Crippen LogP contribution in [0, 0.1) is 0 Å². The number of benzene rings is 2. The molecule has 0 aliphatic carbocycles. The van der Waals surface area contributed by atoms with Crippen LogP contribution in [0.4, 0.5) is 5.69 Å². The third-order valence-electron chi connectivity index (χ3n) is 5.51. The Morgan fingerprint density at radius 1 is 0.962 bits per heavy atom. The minimum atomic E-state index is -3.55. The molecule has 2 aromatic carbocycles. The lowest BCUT2D eigenvalue weighted by Gasteiger charge is -2.39. The van der Waals surface area contributed by atoms with E-state index < -0.39 is 10.0 Å². The highest BCUT2D eigenvalue weighted by Crippen LogP contribution is 2.34. The van der Waals surface area contributed by atoms with Crippen molar-refractivity contribution in [2.24, 2.45) is 0 Å². The Balaban J connectivity index is 1.73. The topological polar surface area (TPSA) is 43.9 Å². The minimum Gasteiger partial charge on any atom is -0.374 e. The fraction of sp³-hybridized carbons (Fsp3) is 0.400. The van der Waals surface area contributed by atoms with Gasteiger partial charge in [0.2, 0.25) is 10.0 Å². The molecule has 0 radical (unpaired) electrons. The first-order chi connectivity index (χ1) is 12.5. The highest BCUT2D eigenvalue weighted by Gasteiger charge is 2.36. The first-order valence-electron chi connectivity index (χ1n) is 9.06. The molecule has 2 aromatic rings.